The number of nitrogens with zero attached hydrogens (tertiary/aromatic N) is 1. The molecule has 0 fully saturated rings. The molecule has 0 saturated carbocycles. The third-order valence-corrected chi connectivity index (χ3v) is 2.38. The second kappa shape index (κ2) is 4.70. The van der Waals surface area contributed by atoms with Crippen LogP contribution in [-0.2, 0) is 0 Å². The molecule has 1 atom stereocenters. The van der Waals surface area contributed by atoms with Crippen LogP contribution in [0.4, 0.5) is 0 Å². The Morgan fingerprint density at radius 2 is 1.91 bits per heavy atom. The van der Waals surface area contributed by atoms with Crippen molar-refractivity contribution in [2.45, 2.75) is 46.3 Å². The van der Waals surface area contributed by atoms with Gasteiger partial charge in [0.15, 0.2) is 8.24 Å². The van der Waals surface area contributed by atoms with Gasteiger partial charge in [0.1, 0.15) is 0 Å². The molecule has 1 nitrogen and oxygen atoms in total. The van der Waals surface area contributed by atoms with E-state index in [9.17, 15) is 0 Å². The van der Waals surface area contributed by atoms with Gasteiger partial charge in [-0.3, -0.25) is 0 Å². The molecule has 0 aromatic carbocycles. The van der Waals surface area contributed by atoms with E-state index in [1.807, 2.05) is 0 Å². The molecular weight excluding hydrogens is 150 g/mol. The second-order valence-corrected chi connectivity index (χ2v) is 8.81. The number of hydrogen-bond acceptors (Lipinski definition) is 1. The van der Waals surface area contributed by atoms with E-state index >= 15 is 0 Å². The highest BCUT2D eigenvalue weighted by molar-refractivity contribution is 6.75. The Balaban J connectivity index is 3.73. The van der Waals surface area contributed by atoms with Crippen molar-refractivity contribution in [2.24, 2.45) is 10.6 Å². The first kappa shape index (κ1) is 10.9. The van der Waals surface area contributed by atoms with Crippen LogP contribution in [0.3, 0.4) is 0 Å². The highest BCUT2D eigenvalue weighted by Gasteiger charge is 2.09. The highest BCUT2D eigenvalue weighted by Crippen LogP contribution is 2.05. The van der Waals surface area contributed by atoms with Crippen molar-refractivity contribution in [3.05, 3.63) is 0 Å². The first-order valence-corrected chi connectivity index (χ1v) is 7.96. The Bertz CT molecular complexity index is 124. The van der Waals surface area contributed by atoms with Crippen LogP contribution in [0.2, 0.25) is 19.6 Å². The summed E-state index contributed by atoms with van der Waals surface area (Å²) in [6.45, 7) is 11.3. The predicted octanol–water partition coefficient (Wildman–Crippen LogP) is 3.33. The Kier molecular flexibility index (Phi) is 4.65. The molecule has 2 heteroatoms. The lowest BCUT2D eigenvalue weighted by molar-refractivity contribution is 0.678. The lowest BCUT2D eigenvalue weighted by atomic mass is 10.1. The van der Waals surface area contributed by atoms with Crippen LogP contribution in [0.1, 0.15) is 26.7 Å². The van der Waals surface area contributed by atoms with Gasteiger partial charge in [0, 0.05) is 0 Å². The molecule has 0 amide bonds. The van der Waals surface area contributed by atoms with E-state index in [4.69, 9.17) is 0 Å². The van der Waals surface area contributed by atoms with Crippen LogP contribution in [0.5, 0.6) is 0 Å². The topological polar surface area (TPSA) is 12.4 Å². The fourth-order valence-corrected chi connectivity index (χ4v) is 1.58. The second-order valence-electron chi connectivity index (χ2n) is 4.21. The van der Waals surface area contributed by atoms with Crippen LogP contribution < -0.4 is 0 Å². The van der Waals surface area contributed by atoms with Gasteiger partial charge in [0.05, 0.1) is 0 Å². The summed E-state index contributed by atoms with van der Waals surface area (Å²) in [6.07, 6.45) is 4.68. The lowest BCUT2D eigenvalue weighted by Gasteiger charge is -2.10. The van der Waals surface area contributed by atoms with E-state index in [-0.39, 0.29) is 0 Å². The van der Waals surface area contributed by atoms with E-state index in [1.165, 1.54) is 12.8 Å². The van der Waals surface area contributed by atoms with Crippen LogP contribution in [0.15, 0.2) is 4.66 Å². The molecule has 11 heavy (non-hydrogen) atoms. The normalized spacial score (nSPS) is 15.7. The fourth-order valence-electron chi connectivity index (χ4n) is 0.881. The van der Waals surface area contributed by atoms with Crippen molar-refractivity contribution in [3.8, 4) is 0 Å². The third kappa shape index (κ3) is 7.79. The molecule has 0 spiro atoms. The molecule has 0 aliphatic heterocycles. The zero-order valence-electron chi connectivity index (χ0n) is 8.52. The maximum absolute atomic E-state index is 4.59. The van der Waals surface area contributed by atoms with Crippen molar-refractivity contribution in [1.82, 2.24) is 0 Å². The minimum Gasteiger partial charge on any atom is -0.333 e. The first-order chi connectivity index (χ1) is 4.95. The zero-order chi connectivity index (χ0) is 8.91. The highest BCUT2D eigenvalue weighted by atomic mass is 28.3. The maximum Gasteiger partial charge on any atom is 0.171 e. The SMILES string of the molecule is CCCC(C)/C=N/[Si](C)(C)C. The molecular formula is C9H21NSi. The summed E-state index contributed by atoms with van der Waals surface area (Å²) in [5, 5.41) is 0. The summed E-state index contributed by atoms with van der Waals surface area (Å²) in [5.74, 6) is 0.673. The first-order valence-electron chi connectivity index (χ1n) is 4.51. The van der Waals surface area contributed by atoms with Crippen LogP contribution in [0, 0.1) is 5.92 Å². The summed E-state index contributed by atoms with van der Waals surface area (Å²) < 4.78 is 4.59. The summed E-state index contributed by atoms with van der Waals surface area (Å²) in [7, 11) is -1.18. The standard InChI is InChI=1S/C9H21NSi/c1-6-7-9(2)8-10-11(3,4)5/h8-9H,6-7H2,1-5H3/b10-8+. The molecule has 0 radical (unpaired) electrons. The van der Waals surface area contributed by atoms with Crippen molar-refractivity contribution >= 4 is 14.5 Å². The van der Waals surface area contributed by atoms with Gasteiger partial charge in [-0.1, -0.05) is 20.3 Å². The third-order valence-electron chi connectivity index (χ3n) is 1.46. The smallest absolute Gasteiger partial charge is 0.171 e. The summed E-state index contributed by atoms with van der Waals surface area (Å²) in [6, 6.07) is 0. The summed E-state index contributed by atoms with van der Waals surface area (Å²) in [5.41, 5.74) is 0. The molecule has 1 unspecified atom stereocenters. The Morgan fingerprint density at radius 1 is 1.36 bits per heavy atom. The van der Waals surface area contributed by atoms with Crippen molar-refractivity contribution < 1.29 is 0 Å². The van der Waals surface area contributed by atoms with Crippen LogP contribution >= 0.6 is 0 Å². The average Bonchev–Trinajstić information content (AvgIpc) is 1.83. The minimum absolute atomic E-state index is 0.673. The predicted molar refractivity (Wildman–Crippen MR) is 55.9 cm³/mol. The van der Waals surface area contributed by atoms with E-state index in [0.29, 0.717) is 5.92 Å². The lowest BCUT2D eigenvalue weighted by Crippen LogP contribution is -2.17. The van der Waals surface area contributed by atoms with Crippen LogP contribution in [-0.4, -0.2) is 14.5 Å². The van der Waals surface area contributed by atoms with Gasteiger partial charge in [-0.2, -0.15) is 0 Å². The molecule has 0 aliphatic carbocycles. The van der Waals surface area contributed by atoms with Gasteiger partial charge in [-0.05, 0) is 38.2 Å². The Hall–Kier alpha value is -0.113. The minimum atomic E-state index is -1.18. The van der Waals surface area contributed by atoms with Crippen LogP contribution in [0.25, 0.3) is 0 Å². The fraction of sp³-hybridized carbons (Fsp3) is 0.889. The molecule has 66 valence electrons. The van der Waals surface area contributed by atoms with Gasteiger partial charge in [-0.15, -0.1) is 0 Å². The van der Waals surface area contributed by atoms with Gasteiger partial charge in [0.2, 0.25) is 0 Å². The van der Waals surface area contributed by atoms with E-state index < -0.39 is 8.24 Å². The molecule has 0 aromatic rings. The van der Waals surface area contributed by atoms with Gasteiger partial charge in [-0.25, -0.2) is 0 Å². The molecule has 0 aliphatic rings. The van der Waals surface area contributed by atoms with Gasteiger partial charge in [0.25, 0.3) is 0 Å². The van der Waals surface area contributed by atoms with Crippen molar-refractivity contribution in [2.75, 3.05) is 0 Å². The van der Waals surface area contributed by atoms with Crippen molar-refractivity contribution in [1.29, 1.82) is 0 Å². The van der Waals surface area contributed by atoms with Crippen molar-refractivity contribution in [3.63, 3.8) is 0 Å². The largest absolute Gasteiger partial charge is 0.333 e. The molecule has 0 saturated heterocycles. The average molecular weight is 171 g/mol. The monoisotopic (exact) mass is 171 g/mol. The summed E-state index contributed by atoms with van der Waals surface area (Å²) in [4.78, 5) is 0. The zero-order valence-corrected chi connectivity index (χ0v) is 9.52. The molecule has 0 N–H and O–H groups in total. The quantitative estimate of drug-likeness (QED) is 0.454. The molecule has 0 heterocycles. The van der Waals surface area contributed by atoms with Gasteiger partial charge < -0.3 is 4.66 Å². The Labute approximate surface area is 72.0 Å². The molecule has 0 rings (SSSR count). The summed E-state index contributed by atoms with van der Waals surface area (Å²) >= 11 is 0. The van der Waals surface area contributed by atoms with E-state index in [0.717, 1.165) is 0 Å². The maximum atomic E-state index is 4.59. The van der Waals surface area contributed by atoms with E-state index in [2.05, 4.69) is 44.4 Å². The Morgan fingerprint density at radius 3 is 2.27 bits per heavy atom. The number of rotatable bonds is 4. The van der Waals surface area contributed by atoms with E-state index in [1.54, 1.807) is 0 Å². The van der Waals surface area contributed by atoms with Gasteiger partial charge >= 0.3 is 0 Å². The molecule has 0 bridgehead atoms. The molecule has 0 aromatic heterocycles. The number of hydrogen-bond donors (Lipinski definition) is 0.